The highest BCUT2D eigenvalue weighted by molar-refractivity contribution is 5.94. The summed E-state index contributed by atoms with van der Waals surface area (Å²) >= 11 is 0. The van der Waals surface area contributed by atoms with E-state index in [0.717, 1.165) is 0 Å². The SMILES string of the molecule is CC(C)CC(C)(O)CNC(=O)c1cccc(F)c1. The van der Waals surface area contributed by atoms with Crippen molar-refractivity contribution in [1.29, 1.82) is 0 Å². The Morgan fingerprint density at radius 3 is 2.72 bits per heavy atom. The first-order valence-electron chi connectivity index (χ1n) is 6.06. The van der Waals surface area contributed by atoms with Crippen LogP contribution in [-0.2, 0) is 0 Å². The van der Waals surface area contributed by atoms with Gasteiger partial charge in [0.25, 0.3) is 5.91 Å². The van der Waals surface area contributed by atoms with E-state index in [1.807, 2.05) is 13.8 Å². The molecular formula is C14H20FNO2. The van der Waals surface area contributed by atoms with Gasteiger partial charge < -0.3 is 10.4 Å². The molecule has 1 aromatic rings. The highest BCUT2D eigenvalue weighted by atomic mass is 19.1. The van der Waals surface area contributed by atoms with Crippen LogP contribution in [0.2, 0.25) is 0 Å². The lowest BCUT2D eigenvalue weighted by Gasteiger charge is -2.25. The Hall–Kier alpha value is -1.42. The zero-order chi connectivity index (χ0) is 13.8. The molecule has 0 aliphatic heterocycles. The number of halogens is 1. The van der Waals surface area contributed by atoms with Gasteiger partial charge in [0.05, 0.1) is 5.60 Å². The second kappa shape index (κ2) is 5.96. The molecule has 1 unspecified atom stereocenters. The summed E-state index contributed by atoms with van der Waals surface area (Å²) in [6, 6.07) is 5.48. The fraction of sp³-hybridized carbons (Fsp3) is 0.500. The van der Waals surface area contributed by atoms with Crippen molar-refractivity contribution in [3.05, 3.63) is 35.6 Å². The van der Waals surface area contributed by atoms with Gasteiger partial charge in [-0.2, -0.15) is 0 Å². The topological polar surface area (TPSA) is 49.3 Å². The van der Waals surface area contributed by atoms with Gasteiger partial charge in [0.15, 0.2) is 0 Å². The lowest BCUT2D eigenvalue weighted by atomic mass is 9.94. The maximum absolute atomic E-state index is 12.9. The molecule has 1 rings (SSSR count). The number of carbonyl (C=O) groups is 1. The summed E-state index contributed by atoms with van der Waals surface area (Å²) in [5.74, 6) is -0.485. The van der Waals surface area contributed by atoms with E-state index in [4.69, 9.17) is 0 Å². The second-order valence-electron chi connectivity index (χ2n) is 5.29. The molecule has 0 aliphatic rings. The molecule has 0 heterocycles. The summed E-state index contributed by atoms with van der Waals surface area (Å²) < 4.78 is 12.9. The molecule has 0 spiro atoms. The summed E-state index contributed by atoms with van der Waals surface area (Å²) in [7, 11) is 0. The van der Waals surface area contributed by atoms with Crippen molar-refractivity contribution in [3.8, 4) is 0 Å². The number of carbonyl (C=O) groups excluding carboxylic acids is 1. The Balaban J connectivity index is 2.56. The number of rotatable bonds is 5. The Kier molecular flexibility index (Phi) is 4.84. The summed E-state index contributed by atoms with van der Waals surface area (Å²) in [6.07, 6.45) is 0.594. The summed E-state index contributed by atoms with van der Waals surface area (Å²) in [6.45, 7) is 5.84. The minimum atomic E-state index is -0.947. The van der Waals surface area contributed by atoms with Crippen LogP contribution >= 0.6 is 0 Å². The van der Waals surface area contributed by atoms with Crippen LogP contribution in [0.3, 0.4) is 0 Å². The van der Waals surface area contributed by atoms with Crippen molar-refractivity contribution >= 4 is 5.91 Å². The third-order valence-corrected chi connectivity index (χ3v) is 2.56. The molecule has 0 saturated carbocycles. The van der Waals surface area contributed by atoms with Crippen molar-refractivity contribution < 1.29 is 14.3 Å². The minimum Gasteiger partial charge on any atom is -0.388 e. The first kappa shape index (κ1) is 14.6. The monoisotopic (exact) mass is 253 g/mol. The van der Waals surface area contributed by atoms with E-state index >= 15 is 0 Å². The van der Waals surface area contributed by atoms with Crippen LogP contribution in [0, 0.1) is 11.7 Å². The average Bonchev–Trinajstić information content (AvgIpc) is 2.24. The molecule has 0 saturated heterocycles. The van der Waals surface area contributed by atoms with E-state index in [0.29, 0.717) is 12.3 Å². The molecule has 0 fully saturated rings. The predicted octanol–water partition coefficient (Wildman–Crippen LogP) is 2.35. The molecule has 0 bridgehead atoms. The van der Waals surface area contributed by atoms with Gasteiger partial charge in [-0.3, -0.25) is 4.79 Å². The molecule has 1 amide bonds. The highest BCUT2D eigenvalue weighted by Gasteiger charge is 2.22. The van der Waals surface area contributed by atoms with Crippen LogP contribution in [0.4, 0.5) is 4.39 Å². The quantitative estimate of drug-likeness (QED) is 0.846. The predicted molar refractivity (Wildman–Crippen MR) is 68.8 cm³/mol. The van der Waals surface area contributed by atoms with Gasteiger partial charge in [-0.05, 0) is 37.5 Å². The maximum atomic E-state index is 12.9. The largest absolute Gasteiger partial charge is 0.388 e. The fourth-order valence-electron chi connectivity index (χ4n) is 1.95. The van der Waals surface area contributed by atoms with Gasteiger partial charge in [0, 0.05) is 12.1 Å². The number of benzene rings is 1. The number of aliphatic hydroxyl groups is 1. The Morgan fingerprint density at radius 2 is 2.17 bits per heavy atom. The number of nitrogens with one attached hydrogen (secondary N) is 1. The van der Waals surface area contributed by atoms with E-state index in [-0.39, 0.29) is 18.0 Å². The fourth-order valence-corrected chi connectivity index (χ4v) is 1.95. The number of hydrogen-bond acceptors (Lipinski definition) is 2. The molecule has 1 aromatic carbocycles. The lowest BCUT2D eigenvalue weighted by molar-refractivity contribution is 0.0368. The molecule has 0 radical (unpaired) electrons. The van der Waals surface area contributed by atoms with Crippen molar-refractivity contribution in [2.45, 2.75) is 32.8 Å². The normalized spacial score (nSPS) is 14.3. The van der Waals surface area contributed by atoms with Crippen LogP contribution in [-0.4, -0.2) is 23.2 Å². The van der Waals surface area contributed by atoms with E-state index in [1.54, 1.807) is 6.92 Å². The smallest absolute Gasteiger partial charge is 0.251 e. The van der Waals surface area contributed by atoms with Crippen molar-refractivity contribution in [2.24, 2.45) is 5.92 Å². The molecule has 3 nitrogen and oxygen atoms in total. The van der Waals surface area contributed by atoms with Gasteiger partial charge in [-0.1, -0.05) is 19.9 Å². The molecule has 2 N–H and O–H groups in total. The highest BCUT2D eigenvalue weighted by Crippen LogP contribution is 2.15. The third kappa shape index (κ3) is 4.84. The standard InChI is InChI=1S/C14H20FNO2/c1-10(2)8-14(3,18)9-16-13(17)11-5-4-6-12(15)7-11/h4-7,10,18H,8-9H2,1-3H3,(H,16,17). The van der Waals surface area contributed by atoms with E-state index < -0.39 is 11.4 Å². The van der Waals surface area contributed by atoms with Gasteiger partial charge in [-0.15, -0.1) is 0 Å². The van der Waals surface area contributed by atoms with Gasteiger partial charge in [0.2, 0.25) is 0 Å². The minimum absolute atomic E-state index is 0.153. The average molecular weight is 253 g/mol. The molecule has 0 aliphatic carbocycles. The van der Waals surface area contributed by atoms with E-state index in [1.165, 1.54) is 24.3 Å². The Bertz CT molecular complexity index is 416. The van der Waals surface area contributed by atoms with Crippen LogP contribution in [0.25, 0.3) is 0 Å². The van der Waals surface area contributed by atoms with E-state index in [9.17, 15) is 14.3 Å². The molecule has 18 heavy (non-hydrogen) atoms. The van der Waals surface area contributed by atoms with Crippen molar-refractivity contribution in [3.63, 3.8) is 0 Å². The summed E-state index contributed by atoms with van der Waals surface area (Å²) in [5, 5.41) is 12.7. The van der Waals surface area contributed by atoms with Gasteiger partial charge >= 0.3 is 0 Å². The summed E-state index contributed by atoms with van der Waals surface area (Å²) in [5.41, 5.74) is -0.688. The Labute approximate surface area is 107 Å². The van der Waals surface area contributed by atoms with Crippen molar-refractivity contribution in [2.75, 3.05) is 6.54 Å². The third-order valence-electron chi connectivity index (χ3n) is 2.56. The number of amides is 1. The summed E-state index contributed by atoms with van der Waals surface area (Å²) in [4.78, 5) is 11.7. The molecule has 100 valence electrons. The zero-order valence-electron chi connectivity index (χ0n) is 11.0. The Morgan fingerprint density at radius 1 is 1.50 bits per heavy atom. The van der Waals surface area contributed by atoms with Crippen LogP contribution in [0.1, 0.15) is 37.6 Å². The second-order valence-corrected chi connectivity index (χ2v) is 5.29. The first-order valence-corrected chi connectivity index (χ1v) is 6.06. The van der Waals surface area contributed by atoms with Gasteiger partial charge in [0.1, 0.15) is 5.82 Å². The van der Waals surface area contributed by atoms with Crippen molar-refractivity contribution in [1.82, 2.24) is 5.32 Å². The first-order chi connectivity index (χ1) is 8.30. The maximum Gasteiger partial charge on any atom is 0.251 e. The van der Waals surface area contributed by atoms with Crippen LogP contribution in [0.15, 0.2) is 24.3 Å². The molecule has 1 atom stereocenters. The van der Waals surface area contributed by atoms with E-state index in [2.05, 4.69) is 5.32 Å². The van der Waals surface area contributed by atoms with Gasteiger partial charge in [-0.25, -0.2) is 4.39 Å². The number of hydrogen-bond donors (Lipinski definition) is 2. The zero-order valence-corrected chi connectivity index (χ0v) is 11.0. The lowest BCUT2D eigenvalue weighted by Crippen LogP contribution is -2.41. The van der Waals surface area contributed by atoms with Crippen LogP contribution < -0.4 is 5.32 Å². The molecule has 4 heteroatoms. The van der Waals surface area contributed by atoms with Crippen LogP contribution in [0.5, 0.6) is 0 Å². The molecular weight excluding hydrogens is 233 g/mol. The molecule has 0 aromatic heterocycles.